The van der Waals surface area contributed by atoms with E-state index < -0.39 is 5.97 Å². The molecule has 0 aromatic carbocycles. The zero-order valence-electron chi connectivity index (χ0n) is 12.0. The maximum absolute atomic E-state index is 10.9. The number of carboxylic acid groups (broad SMARTS) is 1. The first-order chi connectivity index (χ1) is 9.49. The van der Waals surface area contributed by atoms with E-state index in [9.17, 15) is 4.79 Å². The van der Waals surface area contributed by atoms with Gasteiger partial charge in [0.05, 0.1) is 11.6 Å². The van der Waals surface area contributed by atoms with Gasteiger partial charge in [-0.1, -0.05) is 11.6 Å². The van der Waals surface area contributed by atoms with Crippen molar-refractivity contribution in [1.82, 2.24) is 15.1 Å². The summed E-state index contributed by atoms with van der Waals surface area (Å²) in [4.78, 5) is 10.9. The number of halogens is 1. The van der Waals surface area contributed by atoms with Gasteiger partial charge in [0, 0.05) is 19.2 Å². The van der Waals surface area contributed by atoms with Crippen LogP contribution in [0.2, 0.25) is 5.15 Å². The Labute approximate surface area is 124 Å². The highest BCUT2D eigenvalue weighted by Gasteiger charge is 2.25. The van der Waals surface area contributed by atoms with Gasteiger partial charge in [0.15, 0.2) is 0 Å². The highest BCUT2D eigenvalue weighted by atomic mass is 35.5. The molecule has 1 saturated carbocycles. The van der Waals surface area contributed by atoms with Gasteiger partial charge < -0.3 is 10.4 Å². The Morgan fingerprint density at radius 3 is 2.60 bits per heavy atom. The lowest BCUT2D eigenvalue weighted by atomic mass is 9.82. The molecule has 0 unspecified atom stereocenters. The van der Waals surface area contributed by atoms with Crippen molar-refractivity contribution in [2.45, 2.75) is 39.2 Å². The molecule has 0 spiro atoms. The predicted octanol–water partition coefficient (Wildman–Crippen LogP) is 2.36. The van der Waals surface area contributed by atoms with Gasteiger partial charge in [-0.15, -0.1) is 0 Å². The summed E-state index contributed by atoms with van der Waals surface area (Å²) in [5.74, 6) is -0.211. The maximum atomic E-state index is 10.9. The second-order valence-corrected chi connectivity index (χ2v) is 6.02. The summed E-state index contributed by atoms with van der Waals surface area (Å²) < 4.78 is 1.69. The van der Waals surface area contributed by atoms with Gasteiger partial charge in [0.2, 0.25) is 0 Å². The molecule has 6 heteroatoms. The average molecular weight is 300 g/mol. The summed E-state index contributed by atoms with van der Waals surface area (Å²) in [5.41, 5.74) is 2.01. The molecule has 0 atom stereocenters. The van der Waals surface area contributed by atoms with Crippen molar-refractivity contribution in [3.05, 3.63) is 16.4 Å². The van der Waals surface area contributed by atoms with Crippen LogP contribution in [0.3, 0.4) is 0 Å². The molecule has 1 heterocycles. The van der Waals surface area contributed by atoms with Crippen LogP contribution in [-0.2, 0) is 18.4 Å². The lowest BCUT2D eigenvalue weighted by Crippen LogP contribution is -2.28. The van der Waals surface area contributed by atoms with Crippen molar-refractivity contribution in [2.24, 2.45) is 18.9 Å². The van der Waals surface area contributed by atoms with Gasteiger partial charge >= 0.3 is 5.97 Å². The summed E-state index contributed by atoms with van der Waals surface area (Å²) in [6.07, 6.45) is 3.58. The van der Waals surface area contributed by atoms with E-state index in [2.05, 4.69) is 10.4 Å². The molecule has 0 amide bonds. The highest BCUT2D eigenvalue weighted by Crippen LogP contribution is 2.28. The topological polar surface area (TPSA) is 67.2 Å². The number of hydrogen-bond acceptors (Lipinski definition) is 3. The van der Waals surface area contributed by atoms with E-state index in [0.717, 1.165) is 50.0 Å². The number of aromatic nitrogens is 2. The Morgan fingerprint density at radius 2 is 2.10 bits per heavy atom. The molecule has 0 radical (unpaired) electrons. The fraction of sp³-hybridized carbons (Fsp3) is 0.714. The van der Waals surface area contributed by atoms with E-state index in [1.54, 1.807) is 4.68 Å². The quantitative estimate of drug-likeness (QED) is 0.876. The van der Waals surface area contributed by atoms with Crippen molar-refractivity contribution in [1.29, 1.82) is 0 Å². The van der Waals surface area contributed by atoms with Gasteiger partial charge in [-0.25, -0.2) is 0 Å². The van der Waals surface area contributed by atoms with Crippen LogP contribution >= 0.6 is 11.6 Å². The molecule has 2 N–H and O–H groups in total. The standard InChI is InChI=1S/C14H22ClN3O2/c1-9-12(13(15)18(2)17-9)8-16-7-10-3-5-11(6-4-10)14(19)20/h10-11,16H,3-8H2,1-2H3,(H,19,20). The van der Waals surface area contributed by atoms with Crippen molar-refractivity contribution in [2.75, 3.05) is 6.54 Å². The number of aliphatic carboxylic acids is 1. The summed E-state index contributed by atoms with van der Waals surface area (Å²) in [6.45, 7) is 3.59. The van der Waals surface area contributed by atoms with Crippen LogP contribution in [0.25, 0.3) is 0 Å². The van der Waals surface area contributed by atoms with E-state index >= 15 is 0 Å². The number of rotatable bonds is 5. The van der Waals surface area contributed by atoms with Crippen molar-refractivity contribution < 1.29 is 9.90 Å². The summed E-state index contributed by atoms with van der Waals surface area (Å²) >= 11 is 6.18. The minimum absolute atomic E-state index is 0.138. The van der Waals surface area contributed by atoms with Gasteiger partial charge in [-0.3, -0.25) is 9.48 Å². The van der Waals surface area contributed by atoms with Crippen LogP contribution in [0.5, 0.6) is 0 Å². The van der Waals surface area contributed by atoms with Crippen molar-refractivity contribution in [3.8, 4) is 0 Å². The maximum Gasteiger partial charge on any atom is 0.306 e. The number of nitrogens with one attached hydrogen (secondary N) is 1. The number of hydrogen-bond donors (Lipinski definition) is 2. The van der Waals surface area contributed by atoms with Gasteiger partial charge in [-0.2, -0.15) is 5.10 Å². The van der Waals surface area contributed by atoms with E-state index in [0.29, 0.717) is 11.1 Å². The predicted molar refractivity (Wildman–Crippen MR) is 77.7 cm³/mol. The van der Waals surface area contributed by atoms with Gasteiger partial charge in [0.1, 0.15) is 5.15 Å². The molecule has 0 saturated heterocycles. The minimum atomic E-state index is -0.644. The van der Waals surface area contributed by atoms with Crippen LogP contribution in [0.15, 0.2) is 0 Å². The van der Waals surface area contributed by atoms with E-state index in [1.165, 1.54) is 0 Å². The van der Waals surface area contributed by atoms with E-state index in [4.69, 9.17) is 16.7 Å². The van der Waals surface area contributed by atoms with Gasteiger partial charge in [-0.05, 0) is 45.1 Å². The molecular weight excluding hydrogens is 278 g/mol. The van der Waals surface area contributed by atoms with Crippen LogP contribution in [0.1, 0.15) is 36.9 Å². The lowest BCUT2D eigenvalue weighted by molar-refractivity contribution is -0.143. The summed E-state index contributed by atoms with van der Waals surface area (Å²) in [5, 5.41) is 17.4. The number of carboxylic acids is 1. The smallest absolute Gasteiger partial charge is 0.306 e. The van der Waals surface area contributed by atoms with E-state index in [1.807, 2.05) is 14.0 Å². The Hall–Kier alpha value is -1.07. The van der Waals surface area contributed by atoms with Gasteiger partial charge in [0.25, 0.3) is 0 Å². The third kappa shape index (κ3) is 3.52. The first kappa shape index (κ1) is 15.3. The fourth-order valence-corrected chi connectivity index (χ4v) is 3.13. The number of nitrogens with zero attached hydrogens (tertiary/aromatic N) is 2. The first-order valence-corrected chi connectivity index (χ1v) is 7.48. The molecule has 1 fully saturated rings. The molecular formula is C14H22ClN3O2. The molecule has 1 aliphatic rings. The largest absolute Gasteiger partial charge is 0.481 e. The third-order valence-electron chi connectivity index (χ3n) is 4.20. The lowest BCUT2D eigenvalue weighted by Gasteiger charge is -2.26. The number of aryl methyl sites for hydroxylation is 2. The molecule has 1 aliphatic carbocycles. The third-order valence-corrected chi connectivity index (χ3v) is 4.67. The normalized spacial score (nSPS) is 22.9. The SMILES string of the molecule is Cc1nn(C)c(Cl)c1CNCC1CCC(C(=O)O)CC1. The zero-order valence-corrected chi connectivity index (χ0v) is 12.8. The molecule has 2 rings (SSSR count). The van der Waals surface area contributed by atoms with Crippen LogP contribution in [0.4, 0.5) is 0 Å². The Kier molecular flexibility index (Phi) is 5.05. The molecule has 0 aliphatic heterocycles. The zero-order chi connectivity index (χ0) is 14.7. The molecule has 20 heavy (non-hydrogen) atoms. The second kappa shape index (κ2) is 6.59. The van der Waals surface area contributed by atoms with Crippen molar-refractivity contribution >= 4 is 17.6 Å². The second-order valence-electron chi connectivity index (χ2n) is 5.67. The Balaban J connectivity index is 1.76. The van der Waals surface area contributed by atoms with Crippen molar-refractivity contribution in [3.63, 3.8) is 0 Å². The molecule has 1 aromatic heterocycles. The summed E-state index contributed by atoms with van der Waals surface area (Å²) in [7, 11) is 1.84. The molecule has 112 valence electrons. The molecule has 0 bridgehead atoms. The monoisotopic (exact) mass is 299 g/mol. The number of carbonyl (C=O) groups is 1. The van der Waals surface area contributed by atoms with Crippen LogP contribution in [-0.4, -0.2) is 27.4 Å². The average Bonchev–Trinajstić information content (AvgIpc) is 2.65. The fourth-order valence-electron chi connectivity index (χ4n) is 2.89. The Morgan fingerprint density at radius 1 is 1.45 bits per heavy atom. The Bertz CT molecular complexity index is 479. The van der Waals surface area contributed by atoms with Crippen LogP contribution < -0.4 is 5.32 Å². The molecule has 1 aromatic rings. The summed E-state index contributed by atoms with van der Waals surface area (Å²) in [6, 6.07) is 0. The van der Waals surface area contributed by atoms with Crippen LogP contribution in [0, 0.1) is 18.8 Å². The minimum Gasteiger partial charge on any atom is -0.481 e. The molecule has 5 nitrogen and oxygen atoms in total. The highest BCUT2D eigenvalue weighted by molar-refractivity contribution is 6.30. The van der Waals surface area contributed by atoms with E-state index in [-0.39, 0.29) is 5.92 Å². The first-order valence-electron chi connectivity index (χ1n) is 7.10.